The molecular weight excluding hydrogens is 308 g/mol. The summed E-state index contributed by atoms with van der Waals surface area (Å²) in [6.45, 7) is 5.82. The lowest BCUT2D eigenvalue weighted by atomic mass is 10.1. The standard InChI is InChI=1S/C18H22N2O4/c1-3-4-7-10-24-17(21)19-13(2)11-14-12-20(18(22)23)16-9-6-5-8-15(14)16/h3,5-6,8-9,12-13H,1,4,7,10-11H2,2H3,(H,19,21)(H,22,23)/t13-/m1/s1. The monoisotopic (exact) mass is 330 g/mol. The molecule has 2 aromatic rings. The molecule has 0 radical (unpaired) electrons. The Morgan fingerprint density at radius 1 is 1.42 bits per heavy atom. The maximum atomic E-state index is 11.7. The summed E-state index contributed by atoms with van der Waals surface area (Å²) in [5.74, 6) is 0. The molecule has 0 unspecified atom stereocenters. The van der Waals surface area contributed by atoms with Crippen molar-refractivity contribution in [1.29, 1.82) is 0 Å². The van der Waals surface area contributed by atoms with Crippen molar-refractivity contribution in [2.24, 2.45) is 0 Å². The molecule has 1 aromatic carbocycles. The first-order valence-corrected chi connectivity index (χ1v) is 7.89. The fourth-order valence-corrected chi connectivity index (χ4v) is 2.59. The van der Waals surface area contributed by atoms with Gasteiger partial charge in [-0.15, -0.1) is 6.58 Å². The molecule has 1 atom stereocenters. The van der Waals surface area contributed by atoms with Gasteiger partial charge in [0.1, 0.15) is 0 Å². The minimum absolute atomic E-state index is 0.176. The van der Waals surface area contributed by atoms with E-state index in [1.165, 1.54) is 4.57 Å². The van der Waals surface area contributed by atoms with Crippen LogP contribution < -0.4 is 5.32 Å². The van der Waals surface area contributed by atoms with Crippen molar-refractivity contribution in [1.82, 2.24) is 9.88 Å². The largest absolute Gasteiger partial charge is 0.464 e. The third-order valence-corrected chi connectivity index (χ3v) is 3.68. The minimum Gasteiger partial charge on any atom is -0.464 e. The van der Waals surface area contributed by atoms with Gasteiger partial charge >= 0.3 is 12.2 Å². The summed E-state index contributed by atoms with van der Waals surface area (Å²) in [6, 6.07) is 7.13. The van der Waals surface area contributed by atoms with E-state index in [9.17, 15) is 14.7 Å². The number of allylic oxidation sites excluding steroid dienone is 1. The van der Waals surface area contributed by atoms with Crippen LogP contribution in [0.3, 0.4) is 0 Å². The van der Waals surface area contributed by atoms with Crippen LogP contribution in [0, 0.1) is 0 Å². The molecule has 1 heterocycles. The van der Waals surface area contributed by atoms with E-state index in [4.69, 9.17) is 4.74 Å². The Hall–Kier alpha value is -2.76. The van der Waals surface area contributed by atoms with E-state index >= 15 is 0 Å². The molecule has 1 aromatic heterocycles. The highest BCUT2D eigenvalue weighted by molar-refractivity contribution is 5.91. The predicted octanol–water partition coefficient (Wildman–Crippen LogP) is 3.79. The Bertz CT molecular complexity index is 736. The predicted molar refractivity (Wildman–Crippen MR) is 92.4 cm³/mol. The second-order valence-corrected chi connectivity index (χ2v) is 5.64. The normalized spacial score (nSPS) is 11.9. The molecule has 0 fully saturated rings. The number of nitrogens with one attached hydrogen (secondary N) is 1. The van der Waals surface area contributed by atoms with E-state index in [1.807, 2.05) is 19.1 Å². The number of hydrogen-bond donors (Lipinski definition) is 2. The SMILES string of the molecule is C=CCCCOC(=O)N[C@H](C)Cc1cn(C(=O)O)c2ccccc12. The summed E-state index contributed by atoms with van der Waals surface area (Å²) < 4.78 is 6.29. The number of hydrogen-bond acceptors (Lipinski definition) is 3. The summed E-state index contributed by atoms with van der Waals surface area (Å²) in [5, 5.41) is 12.9. The number of carbonyl (C=O) groups is 2. The van der Waals surface area contributed by atoms with E-state index in [2.05, 4.69) is 11.9 Å². The van der Waals surface area contributed by atoms with Gasteiger partial charge < -0.3 is 15.2 Å². The quantitative estimate of drug-likeness (QED) is 0.598. The Kier molecular flexibility index (Phi) is 6.01. The molecule has 0 aliphatic heterocycles. The average molecular weight is 330 g/mol. The number of ether oxygens (including phenoxy) is 1. The molecule has 0 aliphatic rings. The molecule has 2 rings (SSSR count). The maximum Gasteiger partial charge on any atom is 0.416 e. The third-order valence-electron chi connectivity index (χ3n) is 3.68. The van der Waals surface area contributed by atoms with Crippen LogP contribution in [-0.4, -0.2) is 34.5 Å². The van der Waals surface area contributed by atoms with Crippen molar-refractivity contribution >= 4 is 23.1 Å². The molecule has 128 valence electrons. The zero-order valence-corrected chi connectivity index (χ0v) is 13.7. The summed E-state index contributed by atoms with van der Waals surface area (Å²) in [7, 11) is 0. The molecule has 0 spiro atoms. The first-order chi connectivity index (χ1) is 11.5. The molecule has 0 saturated carbocycles. The molecule has 1 amide bonds. The summed E-state index contributed by atoms with van der Waals surface area (Å²) >= 11 is 0. The van der Waals surface area contributed by atoms with Gasteiger partial charge in [0.15, 0.2) is 0 Å². The highest BCUT2D eigenvalue weighted by atomic mass is 16.5. The van der Waals surface area contributed by atoms with E-state index in [0.717, 1.165) is 23.8 Å². The van der Waals surface area contributed by atoms with Crippen molar-refractivity contribution < 1.29 is 19.4 Å². The molecule has 0 bridgehead atoms. The van der Waals surface area contributed by atoms with Gasteiger partial charge in [-0.05, 0) is 37.8 Å². The summed E-state index contributed by atoms with van der Waals surface area (Å²) in [4.78, 5) is 23.1. The lowest BCUT2D eigenvalue weighted by Gasteiger charge is -2.13. The second-order valence-electron chi connectivity index (χ2n) is 5.64. The zero-order valence-electron chi connectivity index (χ0n) is 13.7. The number of amides is 1. The first kappa shape index (κ1) is 17.6. The van der Waals surface area contributed by atoms with Crippen molar-refractivity contribution in [3.8, 4) is 0 Å². The summed E-state index contributed by atoms with van der Waals surface area (Å²) in [6.07, 6.45) is 3.95. The van der Waals surface area contributed by atoms with Crippen LogP contribution in [0.25, 0.3) is 10.9 Å². The Balaban J connectivity index is 2.00. The molecule has 0 aliphatic carbocycles. The van der Waals surface area contributed by atoms with Crippen LogP contribution in [0.5, 0.6) is 0 Å². The van der Waals surface area contributed by atoms with Crippen molar-refractivity contribution in [2.75, 3.05) is 6.61 Å². The van der Waals surface area contributed by atoms with E-state index in [-0.39, 0.29) is 6.04 Å². The smallest absolute Gasteiger partial charge is 0.416 e. The molecule has 2 N–H and O–H groups in total. The molecule has 24 heavy (non-hydrogen) atoms. The number of para-hydroxylation sites is 1. The van der Waals surface area contributed by atoms with E-state index in [1.54, 1.807) is 24.4 Å². The molecule has 6 nitrogen and oxygen atoms in total. The number of nitrogens with zero attached hydrogens (tertiary/aromatic N) is 1. The van der Waals surface area contributed by atoms with Gasteiger partial charge in [-0.2, -0.15) is 0 Å². The number of carboxylic acid groups (broad SMARTS) is 1. The number of aromatic nitrogens is 1. The van der Waals surface area contributed by atoms with Crippen LogP contribution in [0.4, 0.5) is 9.59 Å². The van der Waals surface area contributed by atoms with Crippen molar-refractivity contribution in [3.63, 3.8) is 0 Å². The molecular formula is C18H22N2O4. The number of benzene rings is 1. The van der Waals surface area contributed by atoms with Crippen LogP contribution in [0.2, 0.25) is 0 Å². The highest BCUT2D eigenvalue weighted by Crippen LogP contribution is 2.22. The maximum absolute atomic E-state index is 11.7. The van der Waals surface area contributed by atoms with Gasteiger partial charge in [-0.25, -0.2) is 9.59 Å². The number of alkyl carbamates (subject to hydrolysis) is 1. The number of fused-ring (bicyclic) bond motifs is 1. The lowest BCUT2D eigenvalue weighted by molar-refractivity contribution is 0.142. The second kappa shape index (κ2) is 8.19. The van der Waals surface area contributed by atoms with Crippen molar-refractivity contribution in [2.45, 2.75) is 32.2 Å². The van der Waals surface area contributed by atoms with Crippen LogP contribution in [0.1, 0.15) is 25.3 Å². The highest BCUT2D eigenvalue weighted by Gasteiger charge is 2.15. The van der Waals surface area contributed by atoms with Gasteiger partial charge in [0, 0.05) is 17.6 Å². The fraction of sp³-hybridized carbons (Fsp3) is 0.333. The Morgan fingerprint density at radius 2 is 2.17 bits per heavy atom. The zero-order chi connectivity index (χ0) is 17.5. The topological polar surface area (TPSA) is 80.6 Å². The van der Waals surface area contributed by atoms with Gasteiger partial charge in [0.25, 0.3) is 0 Å². The van der Waals surface area contributed by atoms with Gasteiger partial charge in [-0.1, -0.05) is 24.3 Å². The van der Waals surface area contributed by atoms with E-state index in [0.29, 0.717) is 18.5 Å². The lowest BCUT2D eigenvalue weighted by Crippen LogP contribution is -2.34. The first-order valence-electron chi connectivity index (χ1n) is 7.89. The molecule has 0 saturated heterocycles. The van der Waals surface area contributed by atoms with Crippen LogP contribution in [0.15, 0.2) is 43.1 Å². The Morgan fingerprint density at radius 3 is 2.88 bits per heavy atom. The van der Waals surface area contributed by atoms with Crippen LogP contribution >= 0.6 is 0 Å². The van der Waals surface area contributed by atoms with Gasteiger partial charge in [0.2, 0.25) is 0 Å². The Labute approximate surface area is 140 Å². The number of unbranched alkanes of at least 4 members (excludes halogenated alkanes) is 1. The van der Waals surface area contributed by atoms with Gasteiger partial charge in [-0.3, -0.25) is 4.57 Å². The van der Waals surface area contributed by atoms with Crippen molar-refractivity contribution in [3.05, 3.63) is 48.7 Å². The fourth-order valence-electron chi connectivity index (χ4n) is 2.59. The number of rotatable bonds is 7. The average Bonchev–Trinajstić information content (AvgIpc) is 2.90. The third kappa shape index (κ3) is 4.38. The summed E-state index contributed by atoms with van der Waals surface area (Å²) in [5.41, 5.74) is 1.51. The minimum atomic E-state index is -1.03. The van der Waals surface area contributed by atoms with Crippen LogP contribution in [-0.2, 0) is 11.2 Å². The molecule has 6 heteroatoms. The van der Waals surface area contributed by atoms with E-state index < -0.39 is 12.2 Å². The van der Waals surface area contributed by atoms with Gasteiger partial charge in [0.05, 0.1) is 12.1 Å². The number of carbonyl (C=O) groups excluding carboxylic acids is 1.